The van der Waals surface area contributed by atoms with E-state index in [2.05, 4.69) is 5.32 Å². The Hall–Kier alpha value is -2.29. The number of benzene rings is 2. The summed E-state index contributed by atoms with van der Waals surface area (Å²) < 4.78 is 0. The van der Waals surface area contributed by atoms with Crippen molar-refractivity contribution in [2.45, 2.75) is 44.6 Å². The molecule has 2 N–H and O–H groups in total. The number of amides is 1. The van der Waals surface area contributed by atoms with Crippen molar-refractivity contribution < 1.29 is 9.90 Å². The zero-order valence-corrected chi connectivity index (χ0v) is 14.1. The summed E-state index contributed by atoms with van der Waals surface area (Å²) in [7, 11) is 0. The largest absolute Gasteiger partial charge is 0.508 e. The standard InChI is InChI=1S/C21H25NO2/c1-15(16-7-3-2-4-8-16)22-21(24)20-10-6-5-9-19(20)17-11-13-18(23)14-12-17/h2-4,7-8,11-15,19-20,23H,5-6,9-10H2,1H3,(H,22,24)/t15-,19-,20-/m0/s1. The lowest BCUT2D eigenvalue weighted by Gasteiger charge is -2.32. The third-order valence-electron chi connectivity index (χ3n) is 5.08. The molecule has 0 aliphatic heterocycles. The van der Waals surface area contributed by atoms with Crippen molar-refractivity contribution in [2.75, 3.05) is 0 Å². The molecule has 3 heteroatoms. The second-order valence-corrected chi connectivity index (χ2v) is 6.73. The highest BCUT2D eigenvalue weighted by molar-refractivity contribution is 5.80. The molecule has 1 saturated carbocycles. The van der Waals surface area contributed by atoms with Crippen LogP contribution in [0.2, 0.25) is 0 Å². The SMILES string of the molecule is C[C@H](NC(=O)[C@H]1CCCC[C@H]1c1ccc(O)cc1)c1ccccc1. The van der Waals surface area contributed by atoms with E-state index in [4.69, 9.17) is 0 Å². The molecule has 0 saturated heterocycles. The molecule has 0 bridgehead atoms. The Balaban J connectivity index is 1.72. The average Bonchev–Trinajstić information content (AvgIpc) is 2.63. The number of phenols is 1. The van der Waals surface area contributed by atoms with Gasteiger partial charge in [0.2, 0.25) is 5.91 Å². The number of nitrogens with one attached hydrogen (secondary N) is 1. The lowest BCUT2D eigenvalue weighted by Crippen LogP contribution is -2.37. The van der Waals surface area contributed by atoms with E-state index in [9.17, 15) is 9.90 Å². The summed E-state index contributed by atoms with van der Waals surface area (Å²) in [6, 6.07) is 17.4. The molecule has 1 aliphatic rings. The molecule has 0 radical (unpaired) electrons. The monoisotopic (exact) mass is 323 g/mol. The Morgan fingerprint density at radius 3 is 2.42 bits per heavy atom. The summed E-state index contributed by atoms with van der Waals surface area (Å²) in [6.45, 7) is 2.03. The summed E-state index contributed by atoms with van der Waals surface area (Å²) in [5, 5.41) is 12.7. The maximum atomic E-state index is 12.9. The minimum absolute atomic E-state index is 0.00875. The summed E-state index contributed by atoms with van der Waals surface area (Å²) in [6.07, 6.45) is 4.22. The number of hydrogen-bond acceptors (Lipinski definition) is 2. The molecule has 1 aliphatic carbocycles. The van der Waals surface area contributed by atoms with Crippen molar-refractivity contribution in [2.24, 2.45) is 5.92 Å². The van der Waals surface area contributed by atoms with Gasteiger partial charge in [-0.2, -0.15) is 0 Å². The van der Waals surface area contributed by atoms with Crippen molar-refractivity contribution in [3.05, 3.63) is 65.7 Å². The Labute approximate surface area is 143 Å². The van der Waals surface area contributed by atoms with Gasteiger partial charge in [-0.1, -0.05) is 55.3 Å². The molecule has 24 heavy (non-hydrogen) atoms. The molecule has 0 spiro atoms. The number of carbonyl (C=O) groups excluding carboxylic acids is 1. The van der Waals surface area contributed by atoms with Gasteiger partial charge in [-0.05, 0) is 48.9 Å². The molecular formula is C21H25NO2. The molecule has 3 nitrogen and oxygen atoms in total. The topological polar surface area (TPSA) is 49.3 Å². The highest BCUT2D eigenvalue weighted by Crippen LogP contribution is 2.38. The average molecular weight is 323 g/mol. The van der Waals surface area contributed by atoms with E-state index < -0.39 is 0 Å². The first-order chi connectivity index (χ1) is 11.6. The predicted octanol–water partition coefficient (Wildman–Crippen LogP) is 4.54. The quantitative estimate of drug-likeness (QED) is 0.867. The Bertz CT molecular complexity index is 666. The molecule has 1 fully saturated rings. The predicted molar refractivity (Wildman–Crippen MR) is 95.8 cm³/mol. The van der Waals surface area contributed by atoms with Gasteiger partial charge in [0.25, 0.3) is 0 Å². The molecule has 126 valence electrons. The van der Waals surface area contributed by atoms with E-state index in [0.717, 1.165) is 36.8 Å². The number of aromatic hydroxyl groups is 1. The number of phenolic OH excluding ortho intramolecular Hbond substituents is 1. The molecule has 3 rings (SSSR count). The minimum atomic E-state index is 0.00875. The first kappa shape index (κ1) is 16.6. The van der Waals surface area contributed by atoms with Gasteiger partial charge in [0.05, 0.1) is 6.04 Å². The highest BCUT2D eigenvalue weighted by atomic mass is 16.3. The summed E-state index contributed by atoms with van der Waals surface area (Å²) >= 11 is 0. The molecule has 0 heterocycles. The van der Waals surface area contributed by atoms with Gasteiger partial charge >= 0.3 is 0 Å². The van der Waals surface area contributed by atoms with Gasteiger partial charge in [0, 0.05) is 5.92 Å². The van der Waals surface area contributed by atoms with Crippen LogP contribution in [0.1, 0.15) is 55.7 Å². The number of hydrogen-bond donors (Lipinski definition) is 2. The van der Waals surface area contributed by atoms with Crippen LogP contribution in [0, 0.1) is 5.92 Å². The van der Waals surface area contributed by atoms with Crippen LogP contribution in [0.25, 0.3) is 0 Å². The summed E-state index contributed by atoms with van der Waals surface area (Å²) in [4.78, 5) is 12.9. The highest BCUT2D eigenvalue weighted by Gasteiger charge is 2.32. The maximum Gasteiger partial charge on any atom is 0.224 e. The van der Waals surface area contributed by atoms with Gasteiger partial charge in [0.15, 0.2) is 0 Å². The third kappa shape index (κ3) is 3.78. The molecule has 2 aromatic rings. The van der Waals surface area contributed by atoms with Crippen LogP contribution < -0.4 is 5.32 Å². The first-order valence-corrected chi connectivity index (χ1v) is 8.79. The Morgan fingerprint density at radius 1 is 1.04 bits per heavy atom. The molecule has 2 aromatic carbocycles. The second-order valence-electron chi connectivity index (χ2n) is 6.73. The fourth-order valence-corrected chi connectivity index (χ4v) is 3.71. The number of carbonyl (C=O) groups is 1. The van der Waals surface area contributed by atoms with Crippen LogP contribution in [-0.2, 0) is 4.79 Å². The van der Waals surface area contributed by atoms with Gasteiger partial charge < -0.3 is 10.4 Å². The summed E-state index contributed by atoms with van der Waals surface area (Å²) in [5.41, 5.74) is 2.28. The van der Waals surface area contributed by atoms with Gasteiger partial charge in [-0.3, -0.25) is 4.79 Å². The van der Waals surface area contributed by atoms with Crippen LogP contribution in [-0.4, -0.2) is 11.0 Å². The van der Waals surface area contributed by atoms with Crippen LogP contribution in [0.15, 0.2) is 54.6 Å². The fraction of sp³-hybridized carbons (Fsp3) is 0.381. The summed E-state index contributed by atoms with van der Waals surface area (Å²) in [5.74, 6) is 0.661. The second kappa shape index (κ2) is 7.52. The fourth-order valence-electron chi connectivity index (χ4n) is 3.71. The maximum absolute atomic E-state index is 12.9. The zero-order valence-electron chi connectivity index (χ0n) is 14.1. The third-order valence-corrected chi connectivity index (χ3v) is 5.08. The van der Waals surface area contributed by atoms with Gasteiger partial charge in [0.1, 0.15) is 5.75 Å². The Kier molecular flexibility index (Phi) is 5.19. The van der Waals surface area contributed by atoms with Gasteiger partial charge in [-0.15, -0.1) is 0 Å². The van der Waals surface area contributed by atoms with E-state index in [-0.39, 0.29) is 29.5 Å². The van der Waals surface area contributed by atoms with Crippen LogP contribution >= 0.6 is 0 Å². The molecule has 1 amide bonds. The zero-order chi connectivity index (χ0) is 16.9. The lowest BCUT2D eigenvalue weighted by molar-refractivity contribution is -0.127. The van der Waals surface area contributed by atoms with E-state index in [1.807, 2.05) is 49.4 Å². The molecule has 0 aromatic heterocycles. The van der Waals surface area contributed by atoms with Crippen LogP contribution in [0.4, 0.5) is 0 Å². The Morgan fingerprint density at radius 2 is 1.71 bits per heavy atom. The van der Waals surface area contributed by atoms with Crippen LogP contribution in [0.3, 0.4) is 0 Å². The minimum Gasteiger partial charge on any atom is -0.508 e. The van der Waals surface area contributed by atoms with Crippen LogP contribution in [0.5, 0.6) is 5.75 Å². The molecular weight excluding hydrogens is 298 g/mol. The van der Waals surface area contributed by atoms with E-state index in [1.165, 1.54) is 0 Å². The van der Waals surface area contributed by atoms with Crippen molar-refractivity contribution >= 4 is 5.91 Å². The molecule has 3 atom stereocenters. The van der Waals surface area contributed by atoms with Crippen molar-refractivity contribution in [3.8, 4) is 5.75 Å². The normalized spacial score (nSPS) is 21.9. The van der Waals surface area contributed by atoms with Gasteiger partial charge in [-0.25, -0.2) is 0 Å². The smallest absolute Gasteiger partial charge is 0.224 e. The first-order valence-electron chi connectivity index (χ1n) is 8.79. The number of rotatable bonds is 4. The molecule has 0 unspecified atom stereocenters. The van der Waals surface area contributed by atoms with E-state index in [1.54, 1.807) is 12.1 Å². The van der Waals surface area contributed by atoms with Crippen molar-refractivity contribution in [1.29, 1.82) is 0 Å². The lowest BCUT2D eigenvalue weighted by atomic mass is 9.75. The van der Waals surface area contributed by atoms with Crippen molar-refractivity contribution in [1.82, 2.24) is 5.32 Å². The van der Waals surface area contributed by atoms with E-state index in [0.29, 0.717) is 0 Å². The van der Waals surface area contributed by atoms with Crippen molar-refractivity contribution in [3.63, 3.8) is 0 Å². The van der Waals surface area contributed by atoms with E-state index >= 15 is 0 Å².